The molecule has 0 radical (unpaired) electrons. The van der Waals surface area contributed by atoms with E-state index in [4.69, 9.17) is 9.47 Å². The lowest BCUT2D eigenvalue weighted by Gasteiger charge is -2.11. The van der Waals surface area contributed by atoms with Gasteiger partial charge in [-0.1, -0.05) is 13.8 Å². The van der Waals surface area contributed by atoms with Crippen molar-refractivity contribution < 1.29 is 9.47 Å². The highest BCUT2D eigenvalue weighted by molar-refractivity contribution is 5.27. The first kappa shape index (κ1) is 10.5. The first-order chi connectivity index (χ1) is 7.22. The lowest BCUT2D eigenvalue weighted by molar-refractivity contribution is 0.0572. The molecule has 0 N–H and O–H groups in total. The van der Waals surface area contributed by atoms with Gasteiger partial charge in [-0.05, 0) is 12.3 Å². The molecule has 0 bridgehead atoms. The molecule has 1 unspecified atom stereocenters. The zero-order valence-electron chi connectivity index (χ0n) is 9.56. The molecule has 0 saturated carbocycles. The zero-order valence-corrected chi connectivity index (χ0v) is 9.56. The molecule has 0 fully saturated rings. The summed E-state index contributed by atoms with van der Waals surface area (Å²) in [6.45, 7) is 5.81. The standard InChI is InChI=1S/C11H18N2O2/c1-8(2)10-6-12-13-5-4-9(14-3)7-15-11(10)13/h6,8-9H,4-5,7H2,1-3H3. The van der Waals surface area contributed by atoms with Crippen molar-refractivity contribution in [3.63, 3.8) is 0 Å². The molecule has 1 atom stereocenters. The van der Waals surface area contributed by atoms with Crippen molar-refractivity contribution in [2.24, 2.45) is 0 Å². The second-order valence-electron chi connectivity index (χ2n) is 4.24. The summed E-state index contributed by atoms with van der Waals surface area (Å²) in [6.07, 6.45) is 3.06. The Morgan fingerprint density at radius 1 is 1.60 bits per heavy atom. The highest BCUT2D eigenvalue weighted by atomic mass is 16.5. The van der Waals surface area contributed by atoms with Gasteiger partial charge in [0.25, 0.3) is 0 Å². The molecule has 1 aromatic heterocycles. The summed E-state index contributed by atoms with van der Waals surface area (Å²) in [5.41, 5.74) is 1.19. The summed E-state index contributed by atoms with van der Waals surface area (Å²) in [5.74, 6) is 1.37. The molecule has 0 amide bonds. The first-order valence-corrected chi connectivity index (χ1v) is 5.43. The number of rotatable bonds is 2. The van der Waals surface area contributed by atoms with Gasteiger partial charge in [-0.2, -0.15) is 5.10 Å². The van der Waals surface area contributed by atoms with Gasteiger partial charge in [0, 0.05) is 19.2 Å². The van der Waals surface area contributed by atoms with Crippen molar-refractivity contribution in [3.8, 4) is 5.88 Å². The van der Waals surface area contributed by atoms with Crippen LogP contribution in [0.2, 0.25) is 0 Å². The molecule has 0 aliphatic carbocycles. The van der Waals surface area contributed by atoms with Crippen LogP contribution >= 0.6 is 0 Å². The average molecular weight is 210 g/mol. The van der Waals surface area contributed by atoms with Crippen LogP contribution in [-0.4, -0.2) is 29.6 Å². The van der Waals surface area contributed by atoms with Crippen molar-refractivity contribution in [2.75, 3.05) is 13.7 Å². The lowest BCUT2D eigenvalue weighted by Crippen LogP contribution is -2.18. The maximum atomic E-state index is 5.76. The smallest absolute Gasteiger partial charge is 0.215 e. The Kier molecular flexibility index (Phi) is 2.95. The molecule has 4 heteroatoms. The van der Waals surface area contributed by atoms with Crippen LogP contribution in [0.5, 0.6) is 5.88 Å². The van der Waals surface area contributed by atoms with Crippen LogP contribution in [0.4, 0.5) is 0 Å². The monoisotopic (exact) mass is 210 g/mol. The number of ether oxygens (including phenoxy) is 2. The van der Waals surface area contributed by atoms with E-state index in [9.17, 15) is 0 Å². The Balaban J connectivity index is 2.21. The van der Waals surface area contributed by atoms with Gasteiger partial charge in [0.15, 0.2) is 0 Å². The highest BCUT2D eigenvalue weighted by Crippen LogP contribution is 2.28. The topological polar surface area (TPSA) is 36.3 Å². The van der Waals surface area contributed by atoms with Crippen molar-refractivity contribution in [3.05, 3.63) is 11.8 Å². The number of hydrogen-bond acceptors (Lipinski definition) is 3. The Morgan fingerprint density at radius 2 is 2.40 bits per heavy atom. The van der Waals surface area contributed by atoms with Crippen LogP contribution in [-0.2, 0) is 11.3 Å². The average Bonchev–Trinajstić information content (AvgIpc) is 2.52. The lowest BCUT2D eigenvalue weighted by atomic mass is 10.1. The van der Waals surface area contributed by atoms with E-state index in [2.05, 4.69) is 18.9 Å². The van der Waals surface area contributed by atoms with Gasteiger partial charge in [-0.3, -0.25) is 0 Å². The molecule has 2 heterocycles. The Labute approximate surface area is 90.2 Å². The van der Waals surface area contributed by atoms with Crippen molar-refractivity contribution in [1.82, 2.24) is 9.78 Å². The molecule has 2 rings (SSSR count). The van der Waals surface area contributed by atoms with E-state index in [1.807, 2.05) is 10.9 Å². The van der Waals surface area contributed by atoms with Crippen LogP contribution in [0.25, 0.3) is 0 Å². The van der Waals surface area contributed by atoms with Gasteiger partial charge in [0.2, 0.25) is 5.88 Å². The van der Waals surface area contributed by atoms with Crippen LogP contribution in [0.3, 0.4) is 0 Å². The van der Waals surface area contributed by atoms with E-state index in [0.29, 0.717) is 12.5 Å². The SMILES string of the molecule is COC1CCn2ncc(C(C)C)c2OC1. The summed E-state index contributed by atoms with van der Waals surface area (Å²) in [5, 5.41) is 4.34. The minimum atomic E-state index is 0.187. The molecular formula is C11H18N2O2. The molecule has 84 valence electrons. The second kappa shape index (κ2) is 4.23. The van der Waals surface area contributed by atoms with Gasteiger partial charge < -0.3 is 9.47 Å². The third-order valence-electron chi connectivity index (χ3n) is 2.84. The number of methoxy groups -OCH3 is 1. The molecule has 0 spiro atoms. The van der Waals surface area contributed by atoms with Crippen molar-refractivity contribution >= 4 is 0 Å². The van der Waals surface area contributed by atoms with Crippen LogP contribution in [0, 0.1) is 0 Å². The quantitative estimate of drug-likeness (QED) is 0.747. The summed E-state index contributed by atoms with van der Waals surface area (Å²) in [6, 6.07) is 0. The Bertz CT molecular complexity index is 333. The van der Waals surface area contributed by atoms with E-state index in [1.54, 1.807) is 7.11 Å². The highest BCUT2D eigenvalue weighted by Gasteiger charge is 2.21. The van der Waals surface area contributed by atoms with Gasteiger partial charge >= 0.3 is 0 Å². The largest absolute Gasteiger partial charge is 0.475 e. The third-order valence-corrected chi connectivity index (χ3v) is 2.84. The molecule has 1 aliphatic rings. The molecule has 0 aromatic carbocycles. The zero-order chi connectivity index (χ0) is 10.8. The molecular weight excluding hydrogens is 192 g/mol. The van der Waals surface area contributed by atoms with E-state index in [0.717, 1.165) is 18.8 Å². The fourth-order valence-electron chi connectivity index (χ4n) is 1.81. The number of nitrogens with zero attached hydrogens (tertiary/aromatic N) is 2. The fraction of sp³-hybridized carbons (Fsp3) is 0.727. The van der Waals surface area contributed by atoms with E-state index >= 15 is 0 Å². The third kappa shape index (κ3) is 2.00. The minimum absolute atomic E-state index is 0.187. The molecule has 4 nitrogen and oxygen atoms in total. The van der Waals surface area contributed by atoms with Crippen LogP contribution < -0.4 is 4.74 Å². The molecule has 1 aromatic rings. The summed E-state index contributed by atoms with van der Waals surface area (Å²) in [7, 11) is 1.73. The second-order valence-corrected chi connectivity index (χ2v) is 4.24. The normalized spacial score (nSPS) is 20.9. The molecule has 15 heavy (non-hydrogen) atoms. The Morgan fingerprint density at radius 3 is 3.07 bits per heavy atom. The van der Waals surface area contributed by atoms with E-state index in [1.165, 1.54) is 5.56 Å². The van der Waals surface area contributed by atoms with Gasteiger partial charge in [0.1, 0.15) is 6.61 Å². The van der Waals surface area contributed by atoms with E-state index in [-0.39, 0.29) is 6.10 Å². The first-order valence-electron chi connectivity index (χ1n) is 5.43. The number of aromatic nitrogens is 2. The number of hydrogen-bond donors (Lipinski definition) is 0. The molecule has 1 aliphatic heterocycles. The van der Waals surface area contributed by atoms with Gasteiger partial charge in [-0.25, -0.2) is 4.68 Å². The van der Waals surface area contributed by atoms with Crippen molar-refractivity contribution in [2.45, 2.75) is 38.8 Å². The maximum absolute atomic E-state index is 5.76. The summed E-state index contributed by atoms with van der Waals surface area (Å²) < 4.78 is 13.0. The van der Waals surface area contributed by atoms with Crippen LogP contribution in [0.15, 0.2) is 6.20 Å². The van der Waals surface area contributed by atoms with E-state index < -0.39 is 0 Å². The predicted molar refractivity (Wildman–Crippen MR) is 57.2 cm³/mol. The molecule has 0 saturated heterocycles. The maximum Gasteiger partial charge on any atom is 0.215 e. The Hall–Kier alpha value is -1.03. The van der Waals surface area contributed by atoms with Crippen LogP contribution in [0.1, 0.15) is 31.7 Å². The van der Waals surface area contributed by atoms with Crippen molar-refractivity contribution in [1.29, 1.82) is 0 Å². The fourth-order valence-corrected chi connectivity index (χ4v) is 1.81. The van der Waals surface area contributed by atoms with Gasteiger partial charge in [0.05, 0.1) is 12.3 Å². The minimum Gasteiger partial charge on any atom is -0.475 e. The number of aryl methyl sites for hydroxylation is 1. The summed E-state index contributed by atoms with van der Waals surface area (Å²) in [4.78, 5) is 0. The summed E-state index contributed by atoms with van der Waals surface area (Å²) >= 11 is 0. The predicted octanol–water partition coefficient (Wildman–Crippen LogP) is 1.80. The number of fused-ring (bicyclic) bond motifs is 1. The van der Waals surface area contributed by atoms with Gasteiger partial charge in [-0.15, -0.1) is 0 Å².